The van der Waals surface area contributed by atoms with Crippen LogP contribution in [0.15, 0.2) is 94.7 Å². The largest absolute Gasteiger partial charge is 2.00 e. The SMILES string of the molecule is CCCCCCCCCCCCCc1c(O)cc(S(=O)(=O)O)cc1Oc1ccccc1.CCCCCCCCCCCCCc1c([O-])cc(S(=O)(=O)[O-])cc1Oc1ccccc1.[Ca+2]. The molecule has 0 bridgehead atoms. The van der Waals surface area contributed by atoms with Gasteiger partial charge in [-0.05, 0) is 61.6 Å². The van der Waals surface area contributed by atoms with Gasteiger partial charge in [-0.15, -0.1) is 5.75 Å². The van der Waals surface area contributed by atoms with Crippen molar-refractivity contribution in [3.8, 4) is 34.5 Å². The molecule has 0 aliphatic carbocycles. The fraction of sp³-hybridized carbons (Fsp3) is 0.520. The Morgan fingerprint density at radius 2 is 0.841 bits per heavy atom. The van der Waals surface area contributed by atoms with Crippen molar-refractivity contribution in [2.24, 2.45) is 0 Å². The maximum atomic E-state index is 12.5. The Labute approximate surface area is 408 Å². The first-order valence-electron chi connectivity index (χ1n) is 22.9. The third-order valence-electron chi connectivity index (χ3n) is 10.9. The Hall–Kier alpha value is -2.84. The van der Waals surface area contributed by atoms with Crippen LogP contribution >= 0.6 is 0 Å². The third kappa shape index (κ3) is 23.3. The zero-order chi connectivity index (χ0) is 45.1. The number of hydrogen-bond acceptors (Lipinski definition) is 9. The summed E-state index contributed by atoms with van der Waals surface area (Å²) in [4.78, 5) is -0.926. The van der Waals surface area contributed by atoms with Gasteiger partial charge in [0.05, 0.1) is 4.90 Å². The molecule has 0 aliphatic heterocycles. The molecule has 4 rings (SSSR count). The monoisotopic (exact) mass is 934 g/mol. The van der Waals surface area contributed by atoms with Crippen molar-refractivity contribution in [2.75, 3.05) is 0 Å². The fourth-order valence-corrected chi connectivity index (χ4v) is 8.36. The van der Waals surface area contributed by atoms with E-state index >= 15 is 0 Å². The molecule has 0 fully saturated rings. The maximum Gasteiger partial charge on any atom is 2.00 e. The van der Waals surface area contributed by atoms with Crippen LogP contribution in [0.3, 0.4) is 0 Å². The van der Waals surface area contributed by atoms with Crippen molar-refractivity contribution in [2.45, 2.75) is 178 Å². The molecule has 0 saturated carbocycles. The summed E-state index contributed by atoms with van der Waals surface area (Å²) in [7, 11) is -9.18. The Morgan fingerprint density at radius 3 is 1.22 bits per heavy atom. The number of phenolic OH excluding ortho intramolecular Hbond substituents is 1. The van der Waals surface area contributed by atoms with Crippen molar-refractivity contribution < 1.29 is 45.6 Å². The smallest absolute Gasteiger partial charge is 0.872 e. The Morgan fingerprint density at radius 1 is 0.492 bits per heavy atom. The molecule has 0 aromatic heterocycles. The zero-order valence-corrected chi connectivity index (χ0v) is 41.6. The molecule has 4 aromatic rings. The molecule has 63 heavy (non-hydrogen) atoms. The molecule has 10 nitrogen and oxygen atoms in total. The van der Waals surface area contributed by atoms with Gasteiger partial charge >= 0.3 is 37.7 Å². The molecule has 13 heteroatoms. The molecule has 0 atom stereocenters. The van der Waals surface area contributed by atoms with E-state index in [1.54, 1.807) is 36.4 Å². The number of benzene rings is 4. The normalized spacial score (nSPS) is 11.4. The molecule has 0 saturated heterocycles. The summed E-state index contributed by atoms with van der Waals surface area (Å²) in [6.07, 6.45) is 27.8. The van der Waals surface area contributed by atoms with Crippen LogP contribution in [0.1, 0.15) is 166 Å². The predicted octanol–water partition coefficient (Wildman–Crippen LogP) is 13.2. The average Bonchev–Trinajstić information content (AvgIpc) is 3.23. The van der Waals surface area contributed by atoms with Crippen LogP contribution in [-0.2, 0) is 33.1 Å². The average molecular weight is 935 g/mol. The molecular weight excluding hydrogens is 865 g/mol. The van der Waals surface area contributed by atoms with Crippen LogP contribution < -0.4 is 14.6 Å². The molecule has 0 aliphatic rings. The van der Waals surface area contributed by atoms with E-state index < -0.39 is 30.9 Å². The van der Waals surface area contributed by atoms with Gasteiger partial charge in [0.2, 0.25) is 0 Å². The van der Waals surface area contributed by atoms with Crippen molar-refractivity contribution in [1.82, 2.24) is 0 Å². The first-order valence-corrected chi connectivity index (χ1v) is 25.8. The number of phenols is 1. The van der Waals surface area contributed by atoms with Crippen LogP contribution in [0, 0.1) is 0 Å². The number of aromatic hydroxyl groups is 1. The first kappa shape index (κ1) is 56.3. The number of rotatable bonds is 30. The van der Waals surface area contributed by atoms with Gasteiger partial charge in [0.25, 0.3) is 10.1 Å². The van der Waals surface area contributed by atoms with Gasteiger partial charge in [0.1, 0.15) is 43.8 Å². The van der Waals surface area contributed by atoms with E-state index in [4.69, 9.17) is 9.47 Å². The van der Waals surface area contributed by atoms with Gasteiger partial charge in [0.15, 0.2) is 0 Å². The topological polar surface area (TPSA) is 173 Å². The van der Waals surface area contributed by atoms with Gasteiger partial charge in [-0.3, -0.25) is 4.55 Å². The van der Waals surface area contributed by atoms with Crippen LogP contribution in [0.4, 0.5) is 0 Å². The summed E-state index contributed by atoms with van der Waals surface area (Å²) in [5.74, 6) is 0.797. The van der Waals surface area contributed by atoms with Crippen molar-refractivity contribution in [3.63, 3.8) is 0 Å². The Balaban J connectivity index is 0.000000427. The van der Waals surface area contributed by atoms with Gasteiger partial charge in [0, 0.05) is 17.7 Å². The molecule has 344 valence electrons. The zero-order valence-electron chi connectivity index (χ0n) is 37.7. The van der Waals surface area contributed by atoms with E-state index in [0.717, 1.165) is 50.7 Å². The summed E-state index contributed by atoms with van der Waals surface area (Å²) in [5, 5.41) is 22.9. The van der Waals surface area contributed by atoms with Crippen molar-refractivity contribution >= 4 is 58.0 Å². The van der Waals surface area contributed by atoms with Gasteiger partial charge < -0.3 is 24.2 Å². The number of ether oxygens (including phenoxy) is 2. The van der Waals surface area contributed by atoms with Crippen molar-refractivity contribution in [1.29, 1.82) is 0 Å². The minimum Gasteiger partial charge on any atom is -0.872 e. The summed E-state index contributed by atoms with van der Waals surface area (Å²) in [6.45, 7) is 4.46. The van der Waals surface area contributed by atoms with Crippen molar-refractivity contribution in [3.05, 3.63) is 96.1 Å². The second-order valence-electron chi connectivity index (χ2n) is 16.1. The molecule has 4 aromatic carbocycles. The fourth-order valence-electron chi connectivity index (χ4n) is 7.34. The standard InChI is InChI=1S/2C25H36O5S.Ca/c2*1-2-3-4-5-6-7-8-9-10-11-15-18-23-24(26)19-22(31(27,28)29)20-25(23)30-21-16-13-12-14-17-21;/h2*12-14,16-17,19-20,26H,2-11,15,18H2,1H3,(H,27,28,29);/q;;+2/p-2. The quantitative estimate of drug-likeness (QED) is 0.0291. The van der Waals surface area contributed by atoms with Crippen LogP contribution in [0.25, 0.3) is 0 Å². The number of hydrogen-bond donors (Lipinski definition) is 2. The maximum absolute atomic E-state index is 12.5. The van der Waals surface area contributed by atoms with Crippen LogP contribution in [-0.4, -0.2) is 68.8 Å². The summed E-state index contributed by atoms with van der Waals surface area (Å²) in [5.41, 5.74) is 0.986. The Kier molecular flexibility index (Phi) is 28.5. The third-order valence-corrected chi connectivity index (χ3v) is 12.5. The van der Waals surface area contributed by atoms with Gasteiger partial charge in [-0.2, -0.15) is 8.42 Å². The minimum absolute atomic E-state index is 0. The molecule has 2 N–H and O–H groups in total. The molecule has 0 unspecified atom stereocenters. The number of unbranched alkanes of at least 4 members (excludes halogenated alkanes) is 20. The Bertz CT molecular complexity index is 1910. The van der Waals surface area contributed by atoms with E-state index in [1.165, 1.54) is 115 Å². The second-order valence-corrected chi connectivity index (χ2v) is 18.9. The predicted molar refractivity (Wildman–Crippen MR) is 251 cm³/mol. The van der Waals surface area contributed by atoms with Crippen LogP contribution in [0.5, 0.6) is 34.5 Å². The summed E-state index contributed by atoms with van der Waals surface area (Å²) in [6, 6.07) is 22.3. The molecular formula is C50H70CaO10S2. The summed E-state index contributed by atoms with van der Waals surface area (Å²) < 4.78 is 78.3. The van der Waals surface area contributed by atoms with E-state index in [2.05, 4.69) is 13.8 Å². The minimum atomic E-state index is -4.73. The first-order chi connectivity index (χ1) is 29.8. The number of para-hydroxylation sites is 2. The summed E-state index contributed by atoms with van der Waals surface area (Å²) >= 11 is 0. The second kappa shape index (κ2) is 31.9. The molecule has 0 radical (unpaired) electrons. The van der Waals surface area contributed by atoms with Gasteiger partial charge in [-0.1, -0.05) is 185 Å². The van der Waals surface area contributed by atoms with Gasteiger partial charge in [-0.25, -0.2) is 8.42 Å². The van der Waals surface area contributed by atoms with E-state index in [-0.39, 0.29) is 59.9 Å². The van der Waals surface area contributed by atoms with E-state index in [1.807, 2.05) is 24.3 Å². The van der Waals surface area contributed by atoms with E-state index in [9.17, 15) is 36.2 Å². The molecule has 0 heterocycles. The van der Waals surface area contributed by atoms with Crippen LogP contribution in [0.2, 0.25) is 0 Å². The molecule has 0 spiro atoms. The van der Waals surface area contributed by atoms with E-state index in [0.29, 0.717) is 35.5 Å². The molecule has 0 amide bonds.